The van der Waals surface area contributed by atoms with Crippen molar-refractivity contribution in [3.05, 3.63) is 33.8 Å². The van der Waals surface area contributed by atoms with E-state index in [0.29, 0.717) is 16.0 Å². The summed E-state index contributed by atoms with van der Waals surface area (Å²) in [7, 11) is 5.38. The van der Waals surface area contributed by atoms with Gasteiger partial charge in [-0.2, -0.15) is 0 Å². The summed E-state index contributed by atoms with van der Waals surface area (Å²) in [4.78, 5) is 24.5. The normalized spacial score (nSPS) is 22.2. The van der Waals surface area contributed by atoms with Crippen molar-refractivity contribution in [2.75, 3.05) is 21.1 Å². The fraction of sp³-hybridized carbons (Fsp3) is 0.400. The lowest BCUT2D eigenvalue weighted by Gasteiger charge is -2.33. The van der Waals surface area contributed by atoms with Crippen LogP contribution >= 0.6 is 23.2 Å². The number of aliphatic imine (C=N–C) groups is 2. The zero-order valence-electron chi connectivity index (χ0n) is 13.0. The molecule has 1 amide bonds. The Bertz CT molecular complexity index is 657. The van der Waals surface area contributed by atoms with Crippen molar-refractivity contribution < 1.29 is 4.79 Å². The van der Waals surface area contributed by atoms with Crippen LogP contribution in [0.1, 0.15) is 18.9 Å². The molecule has 0 radical (unpaired) electrons. The van der Waals surface area contributed by atoms with E-state index in [9.17, 15) is 4.79 Å². The summed E-state index contributed by atoms with van der Waals surface area (Å²) in [6.45, 7) is 1.89. The van der Waals surface area contributed by atoms with Crippen molar-refractivity contribution in [3.63, 3.8) is 0 Å². The first-order valence-corrected chi connectivity index (χ1v) is 7.51. The van der Waals surface area contributed by atoms with E-state index in [1.165, 1.54) is 4.90 Å². The standard InChI is InChI=1S/C15H18Cl2N4O/c1-15(10-5-6-11(16)12(17)7-10)8-13(22)21(4)14(19-15)18-9-20(2)3/h5-7,9H,8H2,1-4H3/b18-9+. The Labute approximate surface area is 140 Å². The third-order valence-electron chi connectivity index (χ3n) is 3.46. The Morgan fingerprint density at radius 2 is 2.05 bits per heavy atom. The quantitative estimate of drug-likeness (QED) is 0.613. The smallest absolute Gasteiger partial charge is 0.231 e. The molecule has 22 heavy (non-hydrogen) atoms. The van der Waals surface area contributed by atoms with Gasteiger partial charge in [0.1, 0.15) is 0 Å². The fourth-order valence-corrected chi connectivity index (χ4v) is 2.44. The fourth-order valence-electron chi connectivity index (χ4n) is 2.14. The highest BCUT2D eigenvalue weighted by molar-refractivity contribution is 6.42. The largest absolute Gasteiger partial charge is 0.369 e. The van der Waals surface area contributed by atoms with Crippen LogP contribution in [-0.4, -0.2) is 49.1 Å². The number of carbonyl (C=O) groups is 1. The average molecular weight is 341 g/mol. The monoisotopic (exact) mass is 340 g/mol. The number of halogens is 2. The summed E-state index contributed by atoms with van der Waals surface area (Å²) < 4.78 is 0. The first kappa shape index (κ1) is 16.8. The predicted molar refractivity (Wildman–Crippen MR) is 90.8 cm³/mol. The Kier molecular flexibility index (Phi) is 4.78. The van der Waals surface area contributed by atoms with E-state index in [2.05, 4.69) is 9.98 Å². The van der Waals surface area contributed by atoms with Gasteiger partial charge in [0.05, 0.1) is 28.3 Å². The van der Waals surface area contributed by atoms with E-state index in [-0.39, 0.29) is 12.3 Å². The summed E-state index contributed by atoms with van der Waals surface area (Å²) in [5, 5.41) is 0.920. The van der Waals surface area contributed by atoms with Gasteiger partial charge in [-0.1, -0.05) is 29.3 Å². The number of nitrogens with zero attached hydrogens (tertiary/aromatic N) is 4. The molecule has 1 aromatic rings. The summed E-state index contributed by atoms with van der Waals surface area (Å²) in [6.07, 6.45) is 1.87. The molecule has 2 rings (SSSR count). The van der Waals surface area contributed by atoms with Crippen LogP contribution < -0.4 is 0 Å². The van der Waals surface area contributed by atoms with Crippen LogP contribution in [0.5, 0.6) is 0 Å². The second kappa shape index (κ2) is 6.26. The number of hydrogen-bond donors (Lipinski definition) is 0. The Morgan fingerprint density at radius 1 is 1.36 bits per heavy atom. The molecule has 0 spiro atoms. The highest BCUT2D eigenvalue weighted by Crippen LogP contribution is 2.36. The SMILES string of the molecule is CN(C)/C=N/C1=NC(C)(c2ccc(Cl)c(Cl)c2)CC(=O)N1C. The molecule has 1 aromatic carbocycles. The molecule has 5 nitrogen and oxygen atoms in total. The first-order chi connectivity index (χ1) is 10.2. The zero-order valence-corrected chi connectivity index (χ0v) is 14.5. The topological polar surface area (TPSA) is 48.3 Å². The minimum Gasteiger partial charge on any atom is -0.369 e. The van der Waals surface area contributed by atoms with E-state index >= 15 is 0 Å². The van der Waals surface area contributed by atoms with Gasteiger partial charge >= 0.3 is 0 Å². The van der Waals surface area contributed by atoms with Crippen LogP contribution in [0.15, 0.2) is 28.2 Å². The van der Waals surface area contributed by atoms with Gasteiger partial charge in [0.2, 0.25) is 11.9 Å². The van der Waals surface area contributed by atoms with Crippen LogP contribution in [0.4, 0.5) is 0 Å². The summed E-state index contributed by atoms with van der Waals surface area (Å²) in [5.74, 6) is 0.327. The van der Waals surface area contributed by atoms with Crippen molar-refractivity contribution in [2.45, 2.75) is 18.9 Å². The van der Waals surface area contributed by atoms with Crippen LogP contribution in [0, 0.1) is 0 Å². The molecule has 1 aliphatic heterocycles. The van der Waals surface area contributed by atoms with E-state index in [1.807, 2.05) is 27.1 Å². The molecule has 118 valence electrons. The van der Waals surface area contributed by atoms with Gasteiger partial charge in [-0.15, -0.1) is 0 Å². The zero-order chi connectivity index (χ0) is 16.5. The maximum atomic E-state index is 12.3. The van der Waals surface area contributed by atoms with Gasteiger partial charge in [-0.3, -0.25) is 9.69 Å². The Morgan fingerprint density at radius 3 is 2.64 bits per heavy atom. The molecule has 0 bridgehead atoms. The second-order valence-electron chi connectivity index (χ2n) is 5.65. The maximum Gasteiger partial charge on any atom is 0.231 e. The maximum absolute atomic E-state index is 12.3. The lowest BCUT2D eigenvalue weighted by atomic mass is 9.88. The molecule has 1 aliphatic rings. The van der Waals surface area contributed by atoms with Crippen molar-refractivity contribution in [1.82, 2.24) is 9.80 Å². The van der Waals surface area contributed by atoms with Gasteiger partial charge in [-0.25, -0.2) is 9.98 Å². The van der Waals surface area contributed by atoms with Crippen LogP contribution in [0.25, 0.3) is 0 Å². The molecule has 0 saturated heterocycles. The molecule has 0 fully saturated rings. The van der Waals surface area contributed by atoms with E-state index < -0.39 is 5.54 Å². The molecule has 0 aromatic heterocycles. The minimum absolute atomic E-state index is 0.0468. The van der Waals surface area contributed by atoms with Crippen molar-refractivity contribution >= 4 is 41.4 Å². The van der Waals surface area contributed by atoms with Gasteiger partial charge < -0.3 is 4.90 Å². The van der Waals surface area contributed by atoms with Crippen molar-refractivity contribution in [2.24, 2.45) is 9.98 Å². The highest BCUT2D eigenvalue weighted by atomic mass is 35.5. The van der Waals surface area contributed by atoms with E-state index in [4.69, 9.17) is 23.2 Å². The molecule has 1 heterocycles. The number of hydrogen-bond acceptors (Lipinski definition) is 3. The number of guanidine groups is 1. The second-order valence-corrected chi connectivity index (χ2v) is 6.47. The first-order valence-electron chi connectivity index (χ1n) is 6.75. The number of amides is 1. The lowest BCUT2D eigenvalue weighted by Crippen LogP contribution is -2.43. The van der Waals surface area contributed by atoms with Gasteiger partial charge in [0.15, 0.2) is 0 Å². The highest BCUT2D eigenvalue weighted by Gasteiger charge is 2.37. The van der Waals surface area contributed by atoms with Gasteiger partial charge in [0.25, 0.3) is 0 Å². The van der Waals surface area contributed by atoms with E-state index in [0.717, 1.165) is 5.56 Å². The van der Waals surface area contributed by atoms with Crippen LogP contribution in [0.2, 0.25) is 10.0 Å². The molecule has 0 N–H and O–H groups in total. The van der Waals surface area contributed by atoms with Crippen LogP contribution in [0.3, 0.4) is 0 Å². The minimum atomic E-state index is -0.711. The number of carbonyl (C=O) groups excluding carboxylic acids is 1. The predicted octanol–water partition coefficient (Wildman–Crippen LogP) is 3.02. The van der Waals surface area contributed by atoms with Crippen molar-refractivity contribution in [3.8, 4) is 0 Å². The van der Waals surface area contributed by atoms with Crippen molar-refractivity contribution in [1.29, 1.82) is 0 Å². The molecular weight excluding hydrogens is 323 g/mol. The lowest BCUT2D eigenvalue weighted by molar-refractivity contribution is -0.128. The Balaban J connectivity index is 2.47. The summed E-state index contributed by atoms with van der Waals surface area (Å²) in [5.41, 5.74) is 0.123. The summed E-state index contributed by atoms with van der Waals surface area (Å²) in [6, 6.07) is 5.30. The number of rotatable bonds is 2. The van der Waals surface area contributed by atoms with Gasteiger partial charge in [0, 0.05) is 21.1 Å². The molecule has 7 heteroatoms. The molecule has 0 aliphatic carbocycles. The number of benzene rings is 1. The molecule has 1 unspecified atom stereocenters. The molecule has 0 saturated carbocycles. The van der Waals surface area contributed by atoms with Gasteiger partial charge in [-0.05, 0) is 24.6 Å². The summed E-state index contributed by atoms with van der Waals surface area (Å²) >= 11 is 12.0. The third-order valence-corrected chi connectivity index (χ3v) is 4.20. The Hall–Kier alpha value is -1.59. The van der Waals surface area contributed by atoms with Crippen LogP contribution in [-0.2, 0) is 10.3 Å². The molecular formula is C15H18Cl2N4O. The molecule has 1 atom stereocenters. The average Bonchev–Trinajstić information content (AvgIpc) is 2.44. The van der Waals surface area contributed by atoms with E-state index in [1.54, 1.807) is 30.4 Å². The third kappa shape index (κ3) is 3.42.